The predicted octanol–water partition coefficient (Wildman–Crippen LogP) is 1.23. The summed E-state index contributed by atoms with van der Waals surface area (Å²) in [5, 5.41) is 15.0. The average molecular weight is 588 g/mol. The van der Waals surface area contributed by atoms with Crippen molar-refractivity contribution in [3.63, 3.8) is 0 Å². The number of carboxylic acids is 1. The number of carbonyl (C=O) groups is 4. The van der Waals surface area contributed by atoms with Gasteiger partial charge in [0.15, 0.2) is 18.9 Å². The van der Waals surface area contributed by atoms with Gasteiger partial charge in [0.1, 0.15) is 11.4 Å². The standard InChI is InChI=1S/C22H17Cl3N4O5S2/c23-12-5-14(25)15(6-13(12)24)35-9-16(30)27-17-20(32)29-18(22(33)34)11(8-36-21(17)29)7-28-3-1-10(2-4-28)19(26)31/h1-6,17,21H,7-9H2,(H3-,26,27,30,31,33,34)/t17-,21-/m1/s1. The summed E-state index contributed by atoms with van der Waals surface area (Å²) < 4.78 is 1.67. The fourth-order valence-corrected chi connectivity index (χ4v) is 6.59. The number of halogens is 3. The summed E-state index contributed by atoms with van der Waals surface area (Å²) in [6, 6.07) is 5.20. The normalized spacial score (nSPS) is 19.0. The van der Waals surface area contributed by atoms with E-state index in [-0.39, 0.29) is 18.0 Å². The fourth-order valence-electron chi connectivity index (χ4n) is 3.71. The Bertz CT molecular complexity index is 1310. The van der Waals surface area contributed by atoms with Gasteiger partial charge < -0.3 is 21.0 Å². The Balaban J connectivity index is 1.42. The van der Waals surface area contributed by atoms with E-state index in [9.17, 15) is 24.3 Å². The number of benzene rings is 1. The van der Waals surface area contributed by atoms with E-state index in [2.05, 4.69) is 5.32 Å². The molecule has 0 unspecified atom stereocenters. The molecule has 3 amide bonds. The summed E-state index contributed by atoms with van der Waals surface area (Å²) in [7, 11) is 0. The van der Waals surface area contributed by atoms with Gasteiger partial charge in [0.25, 0.3) is 5.91 Å². The summed E-state index contributed by atoms with van der Waals surface area (Å²) in [6.45, 7) is 0.171. The molecule has 36 heavy (non-hydrogen) atoms. The van der Waals surface area contributed by atoms with Crippen LogP contribution in [0.3, 0.4) is 0 Å². The number of nitrogens with zero attached hydrogens (tertiary/aromatic N) is 2. The van der Waals surface area contributed by atoms with Crippen LogP contribution < -0.4 is 20.7 Å². The predicted molar refractivity (Wildman–Crippen MR) is 134 cm³/mol. The van der Waals surface area contributed by atoms with Gasteiger partial charge in [0, 0.05) is 28.4 Å². The van der Waals surface area contributed by atoms with Crippen molar-refractivity contribution in [3.05, 3.63) is 68.6 Å². The smallest absolute Gasteiger partial charge is 0.253 e. The number of carboxylic acid groups (broad SMARTS) is 1. The van der Waals surface area contributed by atoms with E-state index < -0.39 is 35.1 Å². The first kappa shape index (κ1) is 26.6. The summed E-state index contributed by atoms with van der Waals surface area (Å²) >= 11 is 20.5. The van der Waals surface area contributed by atoms with Crippen molar-refractivity contribution in [2.24, 2.45) is 5.73 Å². The highest BCUT2D eigenvalue weighted by Crippen LogP contribution is 2.40. The number of aromatic nitrogens is 1. The van der Waals surface area contributed by atoms with Crippen molar-refractivity contribution in [1.82, 2.24) is 10.2 Å². The number of amides is 3. The SMILES string of the molecule is NC(=O)c1cc[n+](CC2=C(C(=O)[O-])N3C(=O)[C@@H](NC(=O)CSc4cc(Cl)c(Cl)cc4Cl)[C@H]3SC2)cc1. The van der Waals surface area contributed by atoms with Crippen molar-refractivity contribution in [3.8, 4) is 0 Å². The zero-order chi connectivity index (χ0) is 26.1. The van der Waals surface area contributed by atoms with Crippen LogP contribution in [0.25, 0.3) is 0 Å². The minimum Gasteiger partial charge on any atom is -0.543 e. The van der Waals surface area contributed by atoms with Gasteiger partial charge in [0.2, 0.25) is 11.8 Å². The second kappa shape index (κ2) is 10.9. The Morgan fingerprint density at radius 1 is 1.17 bits per heavy atom. The molecule has 2 aromatic rings. The van der Waals surface area contributed by atoms with Gasteiger partial charge in [-0.3, -0.25) is 19.3 Å². The van der Waals surface area contributed by atoms with Crippen LogP contribution in [0.4, 0.5) is 0 Å². The molecule has 1 aromatic heterocycles. The molecule has 0 saturated carbocycles. The van der Waals surface area contributed by atoms with Gasteiger partial charge >= 0.3 is 0 Å². The maximum atomic E-state index is 12.8. The molecular weight excluding hydrogens is 571 g/mol. The molecule has 1 fully saturated rings. The molecule has 14 heteroatoms. The zero-order valence-corrected chi connectivity index (χ0v) is 22.1. The molecular formula is C22H17Cl3N4O5S2. The number of β-lactam (4-membered cyclic amide) rings is 1. The monoisotopic (exact) mass is 586 g/mol. The number of rotatable bonds is 8. The van der Waals surface area contributed by atoms with Crippen LogP contribution in [-0.2, 0) is 20.9 Å². The molecule has 188 valence electrons. The van der Waals surface area contributed by atoms with E-state index in [1.165, 1.54) is 30.0 Å². The van der Waals surface area contributed by atoms with Crippen LogP contribution in [0.1, 0.15) is 10.4 Å². The molecule has 2 atom stereocenters. The second-order valence-corrected chi connectivity index (χ2v) is 11.1. The summed E-state index contributed by atoms with van der Waals surface area (Å²) in [5.41, 5.74) is 5.81. The number of hydrogen-bond donors (Lipinski definition) is 2. The number of thioether (sulfide) groups is 2. The number of aliphatic carboxylic acids is 1. The van der Waals surface area contributed by atoms with Crippen molar-refractivity contribution in [2.45, 2.75) is 22.9 Å². The third-order valence-electron chi connectivity index (χ3n) is 5.44. The van der Waals surface area contributed by atoms with E-state index in [1.807, 2.05) is 0 Å². The Labute approximate surface area is 228 Å². The van der Waals surface area contributed by atoms with Crippen LogP contribution in [0, 0.1) is 0 Å². The number of primary amides is 1. The highest BCUT2D eigenvalue weighted by Gasteiger charge is 2.53. The van der Waals surface area contributed by atoms with Crippen molar-refractivity contribution in [2.75, 3.05) is 11.5 Å². The first-order valence-electron chi connectivity index (χ1n) is 10.3. The Hall–Kier alpha value is -2.44. The highest BCUT2D eigenvalue weighted by molar-refractivity contribution is 8.00. The second-order valence-electron chi connectivity index (χ2n) is 7.80. The van der Waals surface area contributed by atoms with E-state index in [1.54, 1.807) is 23.0 Å². The molecule has 3 heterocycles. The first-order chi connectivity index (χ1) is 17.1. The van der Waals surface area contributed by atoms with Crippen LogP contribution >= 0.6 is 58.3 Å². The number of nitrogens with one attached hydrogen (secondary N) is 1. The van der Waals surface area contributed by atoms with Crippen molar-refractivity contribution >= 4 is 82.0 Å². The lowest BCUT2D eigenvalue weighted by atomic mass is 10.0. The van der Waals surface area contributed by atoms with Crippen LogP contribution in [0.15, 0.2) is 52.8 Å². The van der Waals surface area contributed by atoms with Crippen molar-refractivity contribution in [1.29, 1.82) is 0 Å². The number of hydrogen-bond acceptors (Lipinski definition) is 7. The van der Waals surface area contributed by atoms with E-state index >= 15 is 0 Å². The lowest BCUT2D eigenvalue weighted by molar-refractivity contribution is -0.689. The molecule has 1 aromatic carbocycles. The van der Waals surface area contributed by atoms with Gasteiger partial charge in [-0.1, -0.05) is 34.8 Å². The zero-order valence-electron chi connectivity index (χ0n) is 18.2. The van der Waals surface area contributed by atoms with E-state index in [4.69, 9.17) is 40.5 Å². The van der Waals surface area contributed by atoms with E-state index in [0.717, 1.165) is 16.7 Å². The lowest BCUT2D eigenvalue weighted by Gasteiger charge is -2.50. The van der Waals surface area contributed by atoms with Crippen LogP contribution in [-0.4, -0.2) is 51.5 Å². The molecule has 0 spiro atoms. The topological polar surface area (TPSA) is 137 Å². The third-order valence-corrected chi connectivity index (χ3v) is 8.98. The Morgan fingerprint density at radius 3 is 2.47 bits per heavy atom. The molecule has 1 saturated heterocycles. The number of nitrogens with two attached hydrogens (primary N) is 1. The number of fused-ring (bicyclic) bond motifs is 1. The quantitative estimate of drug-likeness (QED) is 0.205. The minimum absolute atomic E-state index is 0.0365. The molecule has 0 bridgehead atoms. The molecule has 9 nitrogen and oxygen atoms in total. The highest BCUT2D eigenvalue weighted by atomic mass is 35.5. The molecule has 2 aliphatic rings. The Morgan fingerprint density at radius 2 is 1.83 bits per heavy atom. The maximum absolute atomic E-state index is 12.8. The van der Waals surface area contributed by atoms with Gasteiger partial charge in [0.05, 0.1) is 38.1 Å². The third kappa shape index (κ3) is 5.45. The number of pyridine rings is 1. The summed E-state index contributed by atoms with van der Waals surface area (Å²) in [6.07, 6.45) is 3.19. The maximum Gasteiger partial charge on any atom is 0.253 e. The number of carbonyl (C=O) groups excluding carboxylic acids is 4. The van der Waals surface area contributed by atoms with Crippen molar-refractivity contribution < 1.29 is 28.9 Å². The lowest BCUT2D eigenvalue weighted by Crippen LogP contribution is -2.71. The fraction of sp³-hybridized carbons (Fsp3) is 0.227. The minimum atomic E-state index is -1.48. The molecule has 0 radical (unpaired) electrons. The van der Waals surface area contributed by atoms with Gasteiger partial charge in [-0.15, -0.1) is 23.5 Å². The molecule has 4 rings (SSSR count). The first-order valence-corrected chi connectivity index (χ1v) is 13.5. The van der Waals surface area contributed by atoms with Gasteiger partial charge in [-0.05, 0) is 12.1 Å². The van der Waals surface area contributed by atoms with E-state index in [0.29, 0.717) is 36.9 Å². The largest absolute Gasteiger partial charge is 0.543 e. The molecule has 0 aliphatic carbocycles. The van der Waals surface area contributed by atoms with Gasteiger partial charge in [-0.25, -0.2) is 4.57 Å². The molecule has 2 aliphatic heterocycles. The van der Waals surface area contributed by atoms with Gasteiger partial charge in [-0.2, -0.15) is 0 Å². The summed E-state index contributed by atoms with van der Waals surface area (Å²) in [5.74, 6) is -2.74. The van der Waals surface area contributed by atoms with Crippen LogP contribution in [0.2, 0.25) is 15.1 Å². The summed E-state index contributed by atoms with van der Waals surface area (Å²) in [4.78, 5) is 50.2. The van der Waals surface area contributed by atoms with Crippen LogP contribution in [0.5, 0.6) is 0 Å². The average Bonchev–Trinajstić information content (AvgIpc) is 2.83. The Kier molecular flexibility index (Phi) is 8.06. The molecule has 3 N–H and O–H groups in total.